The number of benzene rings is 1. The summed E-state index contributed by atoms with van der Waals surface area (Å²) >= 11 is 0. The van der Waals surface area contributed by atoms with Gasteiger partial charge in [-0.1, -0.05) is 30.3 Å². The highest BCUT2D eigenvalue weighted by Gasteiger charge is 2.25. The zero-order chi connectivity index (χ0) is 16.4. The maximum Gasteiger partial charge on any atom is 0.159 e. The minimum atomic E-state index is 0.503. The van der Waals surface area contributed by atoms with E-state index in [2.05, 4.69) is 31.8 Å². The van der Waals surface area contributed by atoms with Crippen LogP contribution in [-0.2, 0) is 6.54 Å². The highest BCUT2D eigenvalue weighted by Crippen LogP contribution is 2.26. The standard InChI is InChI=1S/C19H21N5/c1-14-9-20-19(23-14)17-7-8-24(13-17)12-15-10-21-18(22-11-15)16-5-3-2-4-6-16/h2-6,9-11,17H,7-8,12-13H2,1H3,(H,20,23)/t17-/m1/s1. The number of likely N-dealkylation sites (tertiary alicyclic amines) is 1. The third kappa shape index (κ3) is 3.21. The van der Waals surface area contributed by atoms with Gasteiger partial charge in [-0.2, -0.15) is 0 Å². The number of aromatic nitrogens is 4. The molecule has 3 aromatic rings. The molecule has 1 aromatic carbocycles. The summed E-state index contributed by atoms with van der Waals surface area (Å²) < 4.78 is 0. The van der Waals surface area contributed by atoms with Crippen LogP contribution in [0.4, 0.5) is 0 Å². The second kappa shape index (κ2) is 6.53. The number of H-pyrrole nitrogens is 1. The number of aromatic amines is 1. The van der Waals surface area contributed by atoms with E-state index in [4.69, 9.17) is 0 Å². The van der Waals surface area contributed by atoms with Crippen molar-refractivity contribution in [2.45, 2.75) is 25.8 Å². The number of nitrogens with one attached hydrogen (secondary N) is 1. The molecule has 122 valence electrons. The minimum absolute atomic E-state index is 0.503. The Hall–Kier alpha value is -2.53. The predicted octanol–water partition coefficient (Wildman–Crippen LogP) is 3.16. The molecule has 1 atom stereocenters. The smallest absolute Gasteiger partial charge is 0.159 e. The van der Waals surface area contributed by atoms with Crippen molar-refractivity contribution in [2.75, 3.05) is 13.1 Å². The van der Waals surface area contributed by atoms with Gasteiger partial charge in [0.2, 0.25) is 0 Å². The Labute approximate surface area is 141 Å². The number of aryl methyl sites for hydroxylation is 1. The molecule has 5 heteroatoms. The third-order valence-electron chi connectivity index (χ3n) is 4.53. The van der Waals surface area contributed by atoms with Crippen molar-refractivity contribution < 1.29 is 0 Å². The third-order valence-corrected chi connectivity index (χ3v) is 4.53. The first-order chi connectivity index (χ1) is 11.8. The van der Waals surface area contributed by atoms with Crippen LogP contribution in [-0.4, -0.2) is 37.9 Å². The van der Waals surface area contributed by atoms with E-state index < -0.39 is 0 Å². The van der Waals surface area contributed by atoms with Crippen LogP contribution in [0.1, 0.15) is 29.4 Å². The van der Waals surface area contributed by atoms with Crippen LogP contribution in [0, 0.1) is 6.92 Å². The van der Waals surface area contributed by atoms with Crippen LogP contribution >= 0.6 is 0 Å². The summed E-state index contributed by atoms with van der Waals surface area (Å²) in [5.74, 6) is 2.40. The van der Waals surface area contributed by atoms with Crippen LogP contribution in [0.3, 0.4) is 0 Å². The highest BCUT2D eigenvalue weighted by atomic mass is 15.2. The quantitative estimate of drug-likeness (QED) is 0.802. The fraction of sp³-hybridized carbons (Fsp3) is 0.316. The van der Waals surface area contributed by atoms with E-state index in [1.165, 1.54) is 0 Å². The molecular formula is C19H21N5. The molecule has 0 spiro atoms. The summed E-state index contributed by atoms with van der Waals surface area (Å²) in [6.45, 7) is 5.07. The molecule has 3 heterocycles. The average Bonchev–Trinajstić information content (AvgIpc) is 3.25. The van der Waals surface area contributed by atoms with Crippen molar-refractivity contribution in [3.05, 3.63) is 66.0 Å². The molecule has 0 amide bonds. The van der Waals surface area contributed by atoms with E-state index in [0.717, 1.165) is 54.5 Å². The van der Waals surface area contributed by atoms with Gasteiger partial charge in [0.05, 0.1) is 0 Å². The number of imidazole rings is 1. The first-order valence-electron chi connectivity index (χ1n) is 8.38. The summed E-state index contributed by atoms with van der Waals surface area (Å²) in [4.78, 5) is 19.3. The molecule has 1 aliphatic heterocycles. The molecule has 1 saturated heterocycles. The van der Waals surface area contributed by atoms with Gasteiger partial charge in [-0.25, -0.2) is 15.0 Å². The lowest BCUT2D eigenvalue weighted by Gasteiger charge is -2.15. The van der Waals surface area contributed by atoms with Gasteiger partial charge < -0.3 is 4.98 Å². The second-order valence-electron chi connectivity index (χ2n) is 6.45. The van der Waals surface area contributed by atoms with Gasteiger partial charge in [-0.3, -0.25) is 4.90 Å². The van der Waals surface area contributed by atoms with E-state index in [0.29, 0.717) is 5.92 Å². The molecule has 5 nitrogen and oxygen atoms in total. The van der Waals surface area contributed by atoms with Gasteiger partial charge in [0, 0.05) is 54.4 Å². The Kier molecular flexibility index (Phi) is 4.09. The van der Waals surface area contributed by atoms with Crippen molar-refractivity contribution in [3.63, 3.8) is 0 Å². The summed E-state index contributed by atoms with van der Waals surface area (Å²) in [6, 6.07) is 10.1. The van der Waals surface area contributed by atoms with E-state index >= 15 is 0 Å². The number of rotatable bonds is 4. The van der Waals surface area contributed by atoms with Crippen molar-refractivity contribution in [3.8, 4) is 11.4 Å². The largest absolute Gasteiger partial charge is 0.346 e. The lowest BCUT2D eigenvalue weighted by atomic mass is 10.1. The van der Waals surface area contributed by atoms with Crippen molar-refractivity contribution >= 4 is 0 Å². The average molecular weight is 319 g/mol. The normalized spacial score (nSPS) is 18.1. The van der Waals surface area contributed by atoms with Gasteiger partial charge in [0.1, 0.15) is 5.82 Å². The topological polar surface area (TPSA) is 57.7 Å². The summed E-state index contributed by atoms with van der Waals surface area (Å²) in [7, 11) is 0. The van der Waals surface area contributed by atoms with E-state index in [-0.39, 0.29) is 0 Å². The van der Waals surface area contributed by atoms with Gasteiger partial charge >= 0.3 is 0 Å². The Balaban J connectivity index is 1.39. The first-order valence-corrected chi connectivity index (χ1v) is 8.38. The number of hydrogen-bond donors (Lipinski definition) is 1. The fourth-order valence-electron chi connectivity index (χ4n) is 3.27. The zero-order valence-corrected chi connectivity index (χ0v) is 13.8. The van der Waals surface area contributed by atoms with Gasteiger partial charge in [0.15, 0.2) is 5.82 Å². The minimum Gasteiger partial charge on any atom is -0.346 e. The molecule has 1 N–H and O–H groups in total. The molecule has 1 aliphatic rings. The van der Waals surface area contributed by atoms with Crippen LogP contribution in [0.15, 0.2) is 48.9 Å². The van der Waals surface area contributed by atoms with E-state index in [1.807, 2.05) is 48.9 Å². The van der Waals surface area contributed by atoms with Crippen LogP contribution in [0.5, 0.6) is 0 Å². The molecule has 4 rings (SSSR count). The first kappa shape index (κ1) is 15.0. The molecule has 1 fully saturated rings. The molecule has 0 aliphatic carbocycles. The zero-order valence-electron chi connectivity index (χ0n) is 13.8. The maximum absolute atomic E-state index is 4.52. The monoisotopic (exact) mass is 319 g/mol. The second-order valence-corrected chi connectivity index (χ2v) is 6.45. The molecule has 0 saturated carbocycles. The molecule has 0 bridgehead atoms. The Morgan fingerprint density at radius 3 is 2.58 bits per heavy atom. The predicted molar refractivity (Wildman–Crippen MR) is 93.4 cm³/mol. The van der Waals surface area contributed by atoms with Crippen LogP contribution < -0.4 is 0 Å². The van der Waals surface area contributed by atoms with Crippen LogP contribution in [0.25, 0.3) is 11.4 Å². The van der Waals surface area contributed by atoms with Crippen molar-refractivity contribution in [1.82, 2.24) is 24.8 Å². The van der Waals surface area contributed by atoms with Crippen molar-refractivity contribution in [2.24, 2.45) is 0 Å². The van der Waals surface area contributed by atoms with E-state index in [9.17, 15) is 0 Å². The molecule has 0 radical (unpaired) electrons. The SMILES string of the molecule is Cc1cnc([C@@H]2CCN(Cc3cnc(-c4ccccc4)nc3)C2)[nH]1. The molecule has 2 aromatic heterocycles. The maximum atomic E-state index is 4.52. The molecular weight excluding hydrogens is 298 g/mol. The van der Waals surface area contributed by atoms with Crippen LogP contribution in [0.2, 0.25) is 0 Å². The van der Waals surface area contributed by atoms with Gasteiger partial charge in [-0.15, -0.1) is 0 Å². The van der Waals surface area contributed by atoms with Crippen molar-refractivity contribution in [1.29, 1.82) is 0 Å². The van der Waals surface area contributed by atoms with E-state index in [1.54, 1.807) is 0 Å². The van der Waals surface area contributed by atoms with Gasteiger partial charge in [-0.05, 0) is 19.9 Å². The lowest BCUT2D eigenvalue weighted by molar-refractivity contribution is 0.325. The number of nitrogens with zero attached hydrogens (tertiary/aromatic N) is 4. The summed E-state index contributed by atoms with van der Waals surface area (Å²) in [6.07, 6.45) is 6.95. The Morgan fingerprint density at radius 1 is 1.08 bits per heavy atom. The molecule has 0 unspecified atom stereocenters. The van der Waals surface area contributed by atoms with Gasteiger partial charge in [0.25, 0.3) is 0 Å². The fourth-order valence-corrected chi connectivity index (χ4v) is 3.27. The summed E-state index contributed by atoms with van der Waals surface area (Å²) in [5.41, 5.74) is 3.35. The molecule has 24 heavy (non-hydrogen) atoms. The number of hydrogen-bond acceptors (Lipinski definition) is 4. The Morgan fingerprint density at radius 2 is 1.88 bits per heavy atom. The Bertz CT molecular complexity index is 794. The lowest BCUT2D eigenvalue weighted by Crippen LogP contribution is -2.20. The highest BCUT2D eigenvalue weighted by molar-refractivity contribution is 5.53. The summed E-state index contributed by atoms with van der Waals surface area (Å²) in [5, 5.41) is 0.